The smallest absolute Gasteiger partial charge is 0.347 e. The Bertz CT molecular complexity index is 1300. The number of aryl methyl sites for hydroxylation is 1. The Morgan fingerprint density at radius 3 is 2.24 bits per heavy atom. The van der Waals surface area contributed by atoms with Crippen molar-refractivity contribution in [3.8, 4) is 17.2 Å². The van der Waals surface area contributed by atoms with Crippen molar-refractivity contribution in [2.75, 3.05) is 12.4 Å². The quantitative estimate of drug-likeness (QED) is 0.337. The SMILES string of the molecule is COc1ccccc1C(=O)Nc1ccc(OC(=O)c2c(C)nn(-c3ccccc3)c2C)cc1. The van der Waals surface area contributed by atoms with E-state index in [1.807, 2.05) is 37.3 Å². The molecule has 7 nitrogen and oxygen atoms in total. The van der Waals surface area contributed by atoms with E-state index < -0.39 is 5.97 Å². The number of para-hydroxylation sites is 2. The van der Waals surface area contributed by atoms with Crippen LogP contribution in [0.25, 0.3) is 5.69 Å². The van der Waals surface area contributed by atoms with Crippen LogP contribution in [-0.4, -0.2) is 28.8 Å². The van der Waals surface area contributed by atoms with Gasteiger partial charge in [-0.05, 0) is 62.4 Å². The molecule has 0 unspecified atom stereocenters. The molecule has 166 valence electrons. The molecule has 3 aromatic carbocycles. The molecule has 1 aromatic heterocycles. The van der Waals surface area contributed by atoms with Crippen LogP contribution in [0, 0.1) is 13.8 Å². The molecular formula is C26H23N3O4. The van der Waals surface area contributed by atoms with Gasteiger partial charge in [0.1, 0.15) is 17.1 Å². The second kappa shape index (κ2) is 9.40. The molecule has 4 aromatic rings. The lowest BCUT2D eigenvalue weighted by Gasteiger charge is -2.10. The lowest BCUT2D eigenvalue weighted by Crippen LogP contribution is -2.13. The fourth-order valence-electron chi connectivity index (χ4n) is 3.55. The van der Waals surface area contributed by atoms with Crippen LogP contribution in [0.15, 0.2) is 78.9 Å². The second-order valence-electron chi connectivity index (χ2n) is 7.36. The third-order valence-electron chi connectivity index (χ3n) is 5.17. The minimum absolute atomic E-state index is 0.295. The van der Waals surface area contributed by atoms with Crippen LogP contribution >= 0.6 is 0 Å². The van der Waals surface area contributed by atoms with E-state index in [9.17, 15) is 9.59 Å². The zero-order chi connectivity index (χ0) is 23.4. The number of anilines is 1. The maximum Gasteiger partial charge on any atom is 0.347 e. The van der Waals surface area contributed by atoms with E-state index in [-0.39, 0.29) is 5.91 Å². The summed E-state index contributed by atoms with van der Waals surface area (Å²) in [7, 11) is 1.52. The zero-order valence-corrected chi connectivity index (χ0v) is 18.5. The largest absolute Gasteiger partial charge is 0.496 e. The summed E-state index contributed by atoms with van der Waals surface area (Å²) >= 11 is 0. The van der Waals surface area contributed by atoms with Crippen LogP contribution in [0.2, 0.25) is 0 Å². The number of methoxy groups -OCH3 is 1. The van der Waals surface area contributed by atoms with Gasteiger partial charge in [-0.1, -0.05) is 30.3 Å². The van der Waals surface area contributed by atoms with Gasteiger partial charge >= 0.3 is 5.97 Å². The van der Waals surface area contributed by atoms with Crippen molar-refractivity contribution >= 4 is 17.6 Å². The Morgan fingerprint density at radius 1 is 0.879 bits per heavy atom. The highest BCUT2D eigenvalue weighted by molar-refractivity contribution is 6.06. The molecular weight excluding hydrogens is 418 g/mol. The Morgan fingerprint density at radius 2 is 1.55 bits per heavy atom. The van der Waals surface area contributed by atoms with E-state index >= 15 is 0 Å². The highest BCUT2D eigenvalue weighted by Gasteiger charge is 2.21. The third kappa shape index (κ3) is 4.62. The van der Waals surface area contributed by atoms with E-state index in [1.165, 1.54) is 7.11 Å². The Hall–Kier alpha value is -4.39. The summed E-state index contributed by atoms with van der Waals surface area (Å²) in [5.74, 6) is 0.0682. The normalized spacial score (nSPS) is 10.5. The van der Waals surface area contributed by atoms with Gasteiger partial charge in [0.2, 0.25) is 0 Å². The predicted molar refractivity (Wildman–Crippen MR) is 125 cm³/mol. The van der Waals surface area contributed by atoms with Gasteiger partial charge in [0, 0.05) is 5.69 Å². The maximum absolute atomic E-state index is 12.9. The van der Waals surface area contributed by atoms with Crippen LogP contribution in [0.3, 0.4) is 0 Å². The number of amides is 1. The van der Waals surface area contributed by atoms with E-state index in [4.69, 9.17) is 9.47 Å². The first-order valence-electron chi connectivity index (χ1n) is 10.4. The van der Waals surface area contributed by atoms with E-state index in [2.05, 4.69) is 10.4 Å². The molecule has 0 radical (unpaired) electrons. The molecule has 1 amide bonds. The summed E-state index contributed by atoms with van der Waals surface area (Å²) < 4.78 is 12.5. The van der Waals surface area contributed by atoms with Crippen molar-refractivity contribution < 1.29 is 19.1 Å². The fourth-order valence-corrected chi connectivity index (χ4v) is 3.55. The van der Waals surface area contributed by atoms with Gasteiger partial charge in [-0.25, -0.2) is 9.48 Å². The summed E-state index contributed by atoms with van der Waals surface area (Å²) in [4.78, 5) is 25.4. The van der Waals surface area contributed by atoms with Crippen molar-refractivity contribution in [3.63, 3.8) is 0 Å². The lowest BCUT2D eigenvalue weighted by molar-refractivity contribution is 0.0733. The monoisotopic (exact) mass is 441 g/mol. The van der Waals surface area contributed by atoms with E-state index in [1.54, 1.807) is 60.1 Å². The number of nitrogens with zero attached hydrogens (tertiary/aromatic N) is 2. The summed E-state index contributed by atoms with van der Waals surface area (Å²) in [6.07, 6.45) is 0. The van der Waals surface area contributed by atoms with Crippen molar-refractivity contribution in [1.29, 1.82) is 0 Å². The number of hydrogen-bond acceptors (Lipinski definition) is 5. The Balaban J connectivity index is 1.47. The summed E-state index contributed by atoms with van der Waals surface area (Å²) in [5, 5.41) is 7.30. The number of esters is 1. The molecule has 0 fully saturated rings. The highest BCUT2D eigenvalue weighted by Crippen LogP contribution is 2.23. The minimum atomic E-state index is -0.488. The Labute approximate surface area is 191 Å². The average molecular weight is 441 g/mol. The van der Waals surface area contributed by atoms with Crippen LogP contribution in [0.5, 0.6) is 11.5 Å². The molecule has 0 atom stereocenters. The van der Waals surface area contributed by atoms with Gasteiger partial charge in [0.15, 0.2) is 0 Å². The number of carbonyl (C=O) groups is 2. The number of nitrogens with one attached hydrogen (secondary N) is 1. The number of carbonyl (C=O) groups excluding carboxylic acids is 2. The van der Waals surface area contributed by atoms with E-state index in [0.717, 1.165) is 5.69 Å². The van der Waals surface area contributed by atoms with Crippen LogP contribution in [0.4, 0.5) is 5.69 Å². The standard InChI is InChI=1S/C26H23N3O4/c1-17-24(18(2)29(28-17)20-9-5-4-6-10-20)26(31)33-21-15-13-19(14-16-21)27-25(30)22-11-7-8-12-23(22)32-3/h4-16H,1-3H3,(H,27,30). The number of aromatic nitrogens is 2. The lowest BCUT2D eigenvalue weighted by atomic mass is 10.2. The van der Waals surface area contributed by atoms with Gasteiger partial charge in [-0.2, -0.15) is 5.10 Å². The second-order valence-corrected chi connectivity index (χ2v) is 7.36. The van der Waals surface area contributed by atoms with Crippen LogP contribution in [-0.2, 0) is 0 Å². The molecule has 0 saturated carbocycles. The summed E-state index contributed by atoms with van der Waals surface area (Å²) in [6.45, 7) is 3.61. The first kappa shape index (κ1) is 21.8. The Kier molecular flexibility index (Phi) is 6.22. The first-order valence-corrected chi connectivity index (χ1v) is 10.4. The molecule has 1 heterocycles. The topological polar surface area (TPSA) is 82.4 Å². The van der Waals surface area contributed by atoms with Crippen LogP contribution < -0.4 is 14.8 Å². The van der Waals surface area contributed by atoms with Crippen LogP contribution in [0.1, 0.15) is 32.1 Å². The van der Waals surface area contributed by atoms with Gasteiger partial charge < -0.3 is 14.8 Å². The summed E-state index contributed by atoms with van der Waals surface area (Å²) in [6, 6.07) is 23.2. The number of hydrogen-bond donors (Lipinski definition) is 1. The van der Waals surface area contributed by atoms with Crippen molar-refractivity contribution in [1.82, 2.24) is 9.78 Å². The molecule has 33 heavy (non-hydrogen) atoms. The molecule has 0 bridgehead atoms. The fraction of sp³-hybridized carbons (Fsp3) is 0.115. The molecule has 0 spiro atoms. The number of benzene rings is 3. The summed E-state index contributed by atoms with van der Waals surface area (Å²) in [5.41, 5.74) is 3.57. The molecule has 0 aliphatic rings. The number of rotatable bonds is 6. The van der Waals surface area contributed by atoms with Crippen molar-refractivity contribution in [2.24, 2.45) is 0 Å². The third-order valence-corrected chi connectivity index (χ3v) is 5.17. The molecule has 0 aliphatic heterocycles. The molecule has 4 rings (SSSR count). The number of ether oxygens (including phenoxy) is 2. The van der Waals surface area contributed by atoms with Crippen molar-refractivity contribution in [3.05, 3.63) is 101 Å². The van der Waals surface area contributed by atoms with Gasteiger partial charge in [0.05, 0.1) is 29.7 Å². The molecule has 7 heteroatoms. The first-order chi connectivity index (χ1) is 16.0. The zero-order valence-electron chi connectivity index (χ0n) is 18.5. The van der Waals surface area contributed by atoms with E-state index in [0.29, 0.717) is 39.7 Å². The maximum atomic E-state index is 12.9. The predicted octanol–water partition coefficient (Wildman–Crippen LogP) is 4.97. The van der Waals surface area contributed by atoms with Gasteiger partial charge in [0.25, 0.3) is 5.91 Å². The molecule has 0 aliphatic carbocycles. The highest BCUT2D eigenvalue weighted by atomic mass is 16.5. The molecule has 1 N–H and O–H groups in total. The molecule has 0 saturated heterocycles. The van der Waals surface area contributed by atoms with Gasteiger partial charge in [-0.15, -0.1) is 0 Å². The van der Waals surface area contributed by atoms with Crippen molar-refractivity contribution in [2.45, 2.75) is 13.8 Å². The minimum Gasteiger partial charge on any atom is -0.496 e. The van der Waals surface area contributed by atoms with Gasteiger partial charge in [-0.3, -0.25) is 4.79 Å². The average Bonchev–Trinajstić information content (AvgIpc) is 3.14.